The summed E-state index contributed by atoms with van der Waals surface area (Å²) in [7, 11) is 0. The van der Waals surface area contributed by atoms with Crippen molar-refractivity contribution in [3.05, 3.63) is 29.1 Å². The number of hydrogen-bond acceptors (Lipinski definition) is 4. The van der Waals surface area contributed by atoms with Gasteiger partial charge in [-0.05, 0) is 24.6 Å². The highest BCUT2D eigenvalue weighted by Crippen LogP contribution is 2.25. The molecule has 0 saturated carbocycles. The Bertz CT molecular complexity index is 360. The number of aliphatic hydroxyl groups is 2. The van der Waals surface area contributed by atoms with Gasteiger partial charge in [0.25, 0.3) is 0 Å². The molecule has 1 rings (SSSR count). The predicted molar refractivity (Wildman–Crippen MR) is 60.4 cm³/mol. The number of rotatable bonds is 3. The monoisotopic (exact) mass is 231 g/mol. The van der Waals surface area contributed by atoms with Gasteiger partial charge in [0.2, 0.25) is 0 Å². The van der Waals surface area contributed by atoms with Crippen LogP contribution in [0.3, 0.4) is 0 Å². The molecule has 0 aliphatic carbocycles. The van der Waals surface area contributed by atoms with Gasteiger partial charge in [-0.3, -0.25) is 0 Å². The van der Waals surface area contributed by atoms with Gasteiger partial charge in [-0.15, -0.1) is 0 Å². The number of halogens is 1. The smallest absolute Gasteiger partial charge is 0.131 e. The second-order valence-electron chi connectivity index (χ2n) is 3.43. The fourth-order valence-electron chi connectivity index (χ4n) is 1.25. The van der Waals surface area contributed by atoms with Gasteiger partial charge in [0.1, 0.15) is 11.9 Å². The third-order valence-electron chi connectivity index (χ3n) is 2.26. The zero-order chi connectivity index (χ0) is 11.6. The molecule has 0 fully saturated rings. The Morgan fingerprint density at radius 3 is 2.60 bits per heavy atom. The summed E-state index contributed by atoms with van der Waals surface area (Å²) in [5, 5.41) is 18.9. The fourth-order valence-corrected chi connectivity index (χ4v) is 1.45. The molecule has 2 atom stereocenters. The van der Waals surface area contributed by atoms with Crippen molar-refractivity contribution < 1.29 is 14.6 Å². The topological polar surface area (TPSA) is 66.5 Å². The van der Waals surface area contributed by atoms with E-state index in [1.807, 2.05) is 0 Å². The summed E-state index contributed by atoms with van der Waals surface area (Å²) in [6, 6.07) is 2.57. The quantitative estimate of drug-likeness (QED) is 0.464. The molecule has 3 nitrogen and oxygen atoms in total. The Morgan fingerprint density at radius 2 is 2.07 bits per heavy atom. The third-order valence-corrected chi connectivity index (χ3v) is 2.63. The molecule has 1 aromatic rings. The molecule has 84 valence electrons. The van der Waals surface area contributed by atoms with Crippen molar-refractivity contribution in [3.8, 4) is 0 Å². The lowest BCUT2D eigenvalue weighted by Crippen LogP contribution is -2.21. The molecule has 0 bridgehead atoms. The summed E-state index contributed by atoms with van der Waals surface area (Å²) in [6.07, 6.45) is -2.37. The van der Waals surface area contributed by atoms with Crippen molar-refractivity contribution in [3.63, 3.8) is 0 Å². The molecule has 4 N–H and O–H groups in total. The van der Waals surface area contributed by atoms with Gasteiger partial charge in [-0.25, -0.2) is 4.39 Å². The second-order valence-corrected chi connectivity index (χ2v) is 3.79. The van der Waals surface area contributed by atoms with Crippen LogP contribution in [0, 0.1) is 12.7 Å². The standard InChI is InChI=1S/C10H14FNO2S/c1-5-2-6(7(11)3-8(5)12)10(14)9(13)4-15/h2-3,9-10,13-15H,4,12H2,1H3. The van der Waals surface area contributed by atoms with Crippen molar-refractivity contribution >= 4 is 18.3 Å². The van der Waals surface area contributed by atoms with Crippen LogP contribution in [-0.2, 0) is 0 Å². The van der Waals surface area contributed by atoms with Gasteiger partial charge in [0.05, 0.1) is 6.10 Å². The number of aliphatic hydroxyl groups excluding tert-OH is 2. The zero-order valence-corrected chi connectivity index (χ0v) is 9.21. The van der Waals surface area contributed by atoms with Crippen LogP contribution in [0.5, 0.6) is 0 Å². The maximum Gasteiger partial charge on any atom is 0.131 e. The molecule has 5 heteroatoms. The molecule has 1 aromatic carbocycles. The minimum absolute atomic E-state index is 0.0447. The van der Waals surface area contributed by atoms with Crippen molar-refractivity contribution in [2.45, 2.75) is 19.1 Å². The third kappa shape index (κ3) is 2.62. The number of benzene rings is 1. The van der Waals surface area contributed by atoms with Gasteiger partial charge in [0, 0.05) is 17.0 Å². The zero-order valence-electron chi connectivity index (χ0n) is 8.31. The van der Waals surface area contributed by atoms with Gasteiger partial charge in [-0.2, -0.15) is 12.6 Å². The Balaban J connectivity index is 3.09. The summed E-state index contributed by atoms with van der Waals surface area (Å²) in [6.45, 7) is 1.71. The van der Waals surface area contributed by atoms with Crippen LogP contribution in [-0.4, -0.2) is 22.1 Å². The first-order valence-corrected chi connectivity index (χ1v) is 5.13. The molecule has 0 aromatic heterocycles. The van der Waals surface area contributed by atoms with Crippen LogP contribution in [0.15, 0.2) is 12.1 Å². The number of thiol groups is 1. The Hall–Kier alpha value is -0.780. The molecule has 15 heavy (non-hydrogen) atoms. The molecular weight excluding hydrogens is 217 g/mol. The normalized spacial score (nSPS) is 15.0. The second kappa shape index (κ2) is 4.83. The minimum atomic E-state index is -1.28. The number of aryl methyl sites for hydroxylation is 1. The minimum Gasteiger partial charge on any atom is -0.398 e. The molecule has 2 unspecified atom stereocenters. The first-order valence-electron chi connectivity index (χ1n) is 4.50. The Kier molecular flexibility index (Phi) is 3.96. The summed E-state index contributed by atoms with van der Waals surface area (Å²) in [5.74, 6) is -0.559. The summed E-state index contributed by atoms with van der Waals surface area (Å²) in [4.78, 5) is 0. The molecule has 0 amide bonds. The molecule has 0 spiro atoms. The summed E-state index contributed by atoms with van der Waals surface area (Å²) < 4.78 is 13.4. The summed E-state index contributed by atoms with van der Waals surface area (Å²) in [5.41, 5.74) is 6.53. The highest BCUT2D eigenvalue weighted by atomic mass is 32.1. The van der Waals surface area contributed by atoms with Gasteiger partial charge >= 0.3 is 0 Å². The van der Waals surface area contributed by atoms with Crippen molar-refractivity contribution in [1.82, 2.24) is 0 Å². The number of nitrogens with two attached hydrogens (primary N) is 1. The van der Waals surface area contributed by atoms with Crippen LogP contribution in [0.25, 0.3) is 0 Å². The maximum absolute atomic E-state index is 13.4. The molecule has 0 aliphatic rings. The van der Waals surface area contributed by atoms with Crippen molar-refractivity contribution in [1.29, 1.82) is 0 Å². The molecule has 0 heterocycles. The van der Waals surface area contributed by atoms with Crippen molar-refractivity contribution in [2.75, 3.05) is 11.5 Å². The first kappa shape index (κ1) is 12.3. The van der Waals surface area contributed by atoms with E-state index in [4.69, 9.17) is 5.73 Å². The number of anilines is 1. The van der Waals surface area contributed by atoms with Crippen LogP contribution in [0.4, 0.5) is 10.1 Å². The predicted octanol–water partition coefficient (Wildman–Crippen LogP) is 1.04. The highest BCUT2D eigenvalue weighted by Gasteiger charge is 2.21. The molecule has 0 saturated heterocycles. The average Bonchev–Trinajstić information content (AvgIpc) is 2.21. The van der Waals surface area contributed by atoms with E-state index in [1.54, 1.807) is 6.92 Å². The van der Waals surface area contributed by atoms with Crippen molar-refractivity contribution in [2.24, 2.45) is 0 Å². The van der Waals surface area contributed by atoms with Gasteiger partial charge in [0.15, 0.2) is 0 Å². The van der Waals surface area contributed by atoms with E-state index in [0.29, 0.717) is 11.3 Å². The van der Waals surface area contributed by atoms with E-state index in [1.165, 1.54) is 6.07 Å². The largest absolute Gasteiger partial charge is 0.398 e. The Morgan fingerprint density at radius 1 is 1.47 bits per heavy atom. The van der Waals surface area contributed by atoms with Crippen LogP contribution in [0.2, 0.25) is 0 Å². The van der Waals surface area contributed by atoms with E-state index in [-0.39, 0.29) is 11.3 Å². The lowest BCUT2D eigenvalue weighted by atomic mass is 10.0. The van der Waals surface area contributed by atoms with E-state index < -0.39 is 18.0 Å². The fraction of sp³-hybridized carbons (Fsp3) is 0.400. The van der Waals surface area contributed by atoms with E-state index in [9.17, 15) is 14.6 Å². The lowest BCUT2D eigenvalue weighted by Gasteiger charge is -2.17. The van der Waals surface area contributed by atoms with Gasteiger partial charge in [-0.1, -0.05) is 0 Å². The van der Waals surface area contributed by atoms with E-state index in [0.717, 1.165) is 6.07 Å². The Labute approximate surface area is 93.1 Å². The van der Waals surface area contributed by atoms with E-state index in [2.05, 4.69) is 12.6 Å². The number of nitrogen functional groups attached to an aromatic ring is 1. The van der Waals surface area contributed by atoms with E-state index >= 15 is 0 Å². The highest BCUT2D eigenvalue weighted by molar-refractivity contribution is 7.80. The summed E-state index contributed by atoms with van der Waals surface area (Å²) >= 11 is 3.83. The number of hydrogen-bond donors (Lipinski definition) is 4. The van der Waals surface area contributed by atoms with Crippen LogP contribution < -0.4 is 5.73 Å². The van der Waals surface area contributed by atoms with Gasteiger partial charge < -0.3 is 15.9 Å². The SMILES string of the molecule is Cc1cc(C(O)C(O)CS)c(F)cc1N. The molecular formula is C10H14FNO2S. The molecule has 0 radical (unpaired) electrons. The van der Waals surface area contributed by atoms with Crippen LogP contribution in [0.1, 0.15) is 17.2 Å². The molecule has 0 aliphatic heterocycles. The van der Waals surface area contributed by atoms with Crippen LogP contribution >= 0.6 is 12.6 Å². The average molecular weight is 231 g/mol. The first-order chi connectivity index (χ1) is 6.97. The lowest BCUT2D eigenvalue weighted by molar-refractivity contribution is 0.0315. The maximum atomic E-state index is 13.4.